The van der Waals surface area contributed by atoms with Gasteiger partial charge in [-0.2, -0.15) is 0 Å². The van der Waals surface area contributed by atoms with Crippen molar-refractivity contribution in [2.75, 3.05) is 5.32 Å². The Labute approximate surface area is 183 Å². The lowest BCUT2D eigenvalue weighted by Gasteiger charge is -2.61. The predicted octanol–water partition coefficient (Wildman–Crippen LogP) is 4.96. The summed E-state index contributed by atoms with van der Waals surface area (Å²) in [6.07, 6.45) is 4.91. The van der Waals surface area contributed by atoms with Gasteiger partial charge in [0.05, 0.1) is 11.9 Å². The lowest BCUT2D eigenvalue weighted by Crippen LogP contribution is -2.70. The topological polar surface area (TPSA) is 84.2 Å². The second kappa shape index (κ2) is 7.36. The van der Waals surface area contributed by atoms with Crippen molar-refractivity contribution in [1.29, 1.82) is 0 Å². The number of carbonyl (C=O) groups excluding carboxylic acids is 1. The number of amides is 2. The highest BCUT2D eigenvalue weighted by Gasteiger charge is 2.62. The van der Waals surface area contributed by atoms with Crippen LogP contribution >= 0.6 is 0 Å². The van der Waals surface area contributed by atoms with Crippen LogP contribution in [0.15, 0.2) is 35.0 Å². The van der Waals surface area contributed by atoms with Crippen molar-refractivity contribution >= 4 is 11.7 Å². The van der Waals surface area contributed by atoms with Crippen LogP contribution in [0.2, 0.25) is 0 Å². The van der Waals surface area contributed by atoms with Gasteiger partial charge in [0.2, 0.25) is 11.8 Å². The number of aromatic nitrogens is 3. The Bertz CT molecular complexity index is 1210. The third-order valence-electron chi connectivity index (χ3n) is 6.47. The summed E-state index contributed by atoms with van der Waals surface area (Å²) in [6.45, 7) is 5.58. The van der Waals surface area contributed by atoms with Gasteiger partial charge in [0.15, 0.2) is 0 Å². The highest BCUT2D eigenvalue weighted by atomic mass is 19.1. The van der Waals surface area contributed by atoms with E-state index >= 15 is 0 Å². The van der Waals surface area contributed by atoms with Crippen LogP contribution in [-0.4, -0.2) is 32.2 Å². The predicted molar refractivity (Wildman–Crippen MR) is 113 cm³/mol. The first-order chi connectivity index (χ1) is 15.3. The third-order valence-corrected chi connectivity index (χ3v) is 6.47. The highest BCUT2D eigenvalue weighted by Crippen LogP contribution is 2.55. The molecule has 2 unspecified atom stereocenters. The maximum Gasteiger partial charge on any atom is 0.323 e. The third kappa shape index (κ3) is 3.23. The summed E-state index contributed by atoms with van der Waals surface area (Å²) in [5.41, 5.74) is 1.05. The van der Waals surface area contributed by atoms with Crippen molar-refractivity contribution in [3.63, 3.8) is 0 Å². The minimum absolute atomic E-state index is 0.0198. The van der Waals surface area contributed by atoms with Crippen LogP contribution in [0.1, 0.15) is 43.5 Å². The van der Waals surface area contributed by atoms with E-state index in [-0.39, 0.29) is 11.7 Å². The van der Waals surface area contributed by atoms with Crippen LogP contribution in [-0.2, 0) is 5.54 Å². The standard InChI is InChI=1S/C23H23F2N5O2/c1-12-4-17-9-23(8-12,21-29-28-14(3)32-21)30(17)22(31)27-20-7-18(13(2)5-19(20)25)15-6-16(24)11-26-10-15/h5-7,10-12,17H,4,8-9H2,1-3H3,(H,27,31)/t12-,17?,23?/m1/s1. The van der Waals surface area contributed by atoms with Crippen LogP contribution in [0.3, 0.4) is 0 Å². The average molecular weight is 439 g/mol. The van der Waals surface area contributed by atoms with E-state index in [1.807, 2.05) is 0 Å². The largest absolute Gasteiger partial charge is 0.423 e. The van der Waals surface area contributed by atoms with Crippen LogP contribution in [0.5, 0.6) is 0 Å². The summed E-state index contributed by atoms with van der Waals surface area (Å²) < 4.78 is 34.2. The van der Waals surface area contributed by atoms with E-state index in [1.165, 1.54) is 24.4 Å². The molecule has 9 heteroatoms. The summed E-state index contributed by atoms with van der Waals surface area (Å²) in [5.74, 6) is 0.202. The molecule has 2 aliphatic rings. The number of carbonyl (C=O) groups is 1. The fourth-order valence-electron chi connectivity index (χ4n) is 5.25. The number of piperidine rings is 1. The Morgan fingerprint density at radius 2 is 2.00 bits per heavy atom. The first-order valence-corrected chi connectivity index (χ1v) is 10.6. The number of urea groups is 1. The molecule has 3 aromatic rings. The molecule has 1 N–H and O–H groups in total. The van der Waals surface area contributed by atoms with Gasteiger partial charge in [-0.15, -0.1) is 10.2 Å². The number of anilines is 1. The summed E-state index contributed by atoms with van der Waals surface area (Å²) in [6, 6.07) is 3.76. The Kier molecular flexibility index (Phi) is 4.72. The molecule has 1 saturated heterocycles. The fraction of sp³-hybridized carbons (Fsp3) is 0.391. The molecule has 7 nitrogen and oxygen atoms in total. The van der Waals surface area contributed by atoms with Gasteiger partial charge in [0, 0.05) is 31.1 Å². The van der Waals surface area contributed by atoms with Crippen molar-refractivity contribution in [2.24, 2.45) is 5.92 Å². The molecule has 2 bridgehead atoms. The Balaban J connectivity index is 1.47. The van der Waals surface area contributed by atoms with E-state index in [0.717, 1.165) is 19.0 Å². The van der Waals surface area contributed by atoms with Gasteiger partial charge in [0.1, 0.15) is 17.2 Å². The first-order valence-electron chi connectivity index (χ1n) is 10.6. The van der Waals surface area contributed by atoms with Gasteiger partial charge in [0.25, 0.3) is 0 Å². The van der Waals surface area contributed by atoms with E-state index in [2.05, 4.69) is 27.4 Å². The summed E-state index contributed by atoms with van der Waals surface area (Å²) in [4.78, 5) is 18.9. The monoisotopic (exact) mass is 439 g/mol. The van der Waals surface area contributed by atoms with Gasteiger partial charge in [-0.1, -0.05) is 6.92 Å². The lowest BCUT2D eigenvalue weighted by atomic mass is 9.64. The van der Waals surface area contributed by atoms with Crippen LogP contribution < -0.4 is 5.32 Å². The van der Waals surface area contributed by atoms with Gasteiger partial charge in [-0.25, -0.2) is 13.6 Å². The SMILES string of the molecule is Cc1nnc(C23CC(C[C@@H](C)C2)N3C(=O)Nc2cc(-c3cncc(F)c3)c(C)cc2F)o1. The molecule has 2 amide bonds. The smallest absolute Gasteiger partial charge is 0.323 e. The molecule has 0 radical (unpaired) electrons. The van der Waals surface area contributed by atoms with Crippen molar-refractivity contribution in [3.05, 3.63) is 59.6 Å². The second-order valence-electron chi connectivity index (χ2n) is 8.90. The van der Waals surface area contributed by atoms with Crippen LogP contribution in [0.25, 0.3) is 11.1 Å². The zero-order valence-corrected chi connectivity index (χ0v) is 18.0. The number of fused-ring (bicyclic) bond motifs is 2. The van der Waals surface area contributed by atoms with Crippen molar-refractivity contribution in [1.82, 2.24) is 20.1 Å². The molecular formula is C23H23F2N5O2. The van der Waals surface area contributed by atoms with Crippen LogP contribution in [0, 0.1) is 31.4 Å². The molecule has 2 fully saturated rings. The number of hydrogen-bond donors (Lipinski definition) is 1. The van der Waals surface area contributed by atoms with E-state index in [9.17, 15) is 13.6 Å². The normalized spacial score (nSPS) is 24.2. The molecule has 3 heterocycles. The molecule has 5 rings (SSSR count). The first kappa shape index (κ1) is 20.5. The maximum absolute atomic E-state index is 14.8. The molecule has 1 aromatic carbocycles. The van der Waals surface area contributed by atoms with Crippen LogP contribution in [0.4, 0.5) is 19.3 Å². The zero-order chi connectivity index (χ0) is 22.6. The molecular weight excluding hydrogens is 416 g/mol. The Hall–Kier alpha value is -3.36. The number of benzene rings is 1. The molecule has 3 atom stereocenters. The molecule has 32 heavy (non-hydrogen) atoms. The number of halogens is 2. The number of pyridine rings is 1. The quantitative estimate of drug-likeness (QED) is 0.624. The minimum atomic E-state index is -0.676. The molecule has 1 aliphatic heterocycles. The lowest BCUT2D eigenvalue weighted by molar-refractivity contribution is -0.110. The van der Waals surface area contributed by atoms with Crippen molar-refractivity contribution in [2.45, 2.75) is 51.6 Å². The maximum atomic E-state index is 14.8. The van der Waals surface area contributed by atoms with E-state index in [1.54, 1.807) is 18.7 Å². The van der Waals surface area contributed by atoms with Gasteiger partial charge < -0.3 is 14.6 Å². The van der Waals surface area contributed by atoms with Gasteiger partial charge >= 0.3 is 6.03 Å². The highest BCUT2D eigenvalue weighted by molar-refractivity contribution is 5.92. The number of hydrogen-bond acceptors (Lipinski definition) is 5. The number of likely N-dealkylation sites (tertiary alicyclic amines) is 1. The molecule has 1 aliphatic carbocycles. The number of rotatable bonds is 3. The molecule has 2 aromatic heterocycles. The van der Waals surface area contributed by atoms with E-state index in [0.29, 0.717) is 40.8 Å². The van der Waals surface area contributed by atoms with E-state index < -0.39 is 23.2 Å². The number of nitrogens with one attached hydrogen (secondary N) is 1. The van der Waals surface area contributed by atoms with Gasteiger partial charge in [-0.05, 0) is 55.0 Å². The second-order valence-corrected chi connectivity index (χ2v) is 8.90. The average Bonchev–Trinajstić information content (AvgIpc) is 3.16. The molecule has 166 valence electrons. The van der Waals surface area contributed by atoms with Gasteiger partial charge in [-0.3, -0.25) is 4.98 Å². The Morgan fingerprint density at radius 3 is 2.72 bits per heavy atom. The minimum Gasteiger partial charge on any atom is -0.423 e. The summed E-state index contributed by atoms with van der Waals surface area (Å²) in [7, 11) is 0. The zero-order valence-electron chi connectivity index (χ0n) is 18.0. The number of aryl methyl sites for hydroxylation is 2. The number of nitrogens with zero attached hydrogens (tertiary/aromatic N) is 4. The molecule has 1 saturated carbocycles. The van der Waals surface area contributed by atoms with Crippen molar-refractivity contribution < 1.29 is 18.0 Å². The molecule has 0 spiro atoms. The summed E-state index contributed by atoms with van der Waals surface area (Å²) >= 11 is 0. The van der Waals surface area contributed by atoms with E-state index in [4.69, 9.17) is 4.42 Å². The van der Waals surface area contributed by atoms with Crippen molar-refractivity contribution in [3.8, 4) is 11.1 Å². The Morgan fingerprint density at radius 1 is 1.19 bits per heavy atom. The fourth-order valence-corrected chi connectivity index (χ4v) is 5.25. The summed E-state index contributed by atoms with van der Waals surface area (Å²) in [5, 5.41) is 10.8.